The summed E-state index contributed by atoms with van der Waals surface area (Å²) < 4.78 is 11.0. The molecule has 0 aromatic heterocycles. The minimum absolute atomic E-state index is 0.0523. The van der Waals surface area contributed by atoms with Crippen molar-refractivity contribution >= 4 is 0 Å². The van der Waals surface area contributed by atoms with Crippen molar-refractivity contribution in [3.8, 4) is 0 Å². The zero-order valence-corrected chi connectivity index (χ0v) is 8.66. The Morgan fingerprint density at radius 2 is 2.31 bits per heavy atom. The van der Waals surface area contributed by atoms with Crippen LogP contribution in [0.2, 0.25) is 0 Å². The molecule has 1 fully saturated rings. The second-order valence-electron chi connectivity index (χ2n) is 3.80. The highest BCUT2D eigenvalue weighted by Crippen LogP contribution is 2.20. The Morgan fingerprint density at radius 1 is 1.54 bits per heavy atom. The van der Waals surface area contributed by atoms with Gasteiger partial charge < -0.3 is 15.2 Å². The van der Waals surface area contributed by atoms with Crippen molar-refractivity contribution in [1.29, 1.82) is 0 Å². The lowest BCUT2D eigenvalue weighted by Crippen LogP contribution is -2.38. The Hall–Kier alpha value is -0.120. The molecular weight excluding hydrogens is 166 g/mol. The van der Waals surface area contributed by atoms with Crippen LogP contribution in [-0.2, 0) is 9.47 Å². The summed E-state index contributed by atoms with van der Waals surface area (Å²) in [6, 6.07) is 0.0523. The van der Waals surface area contributed by atoms with Crippen molar-refractivity contribution in [2.24, 2.45) is 5.73 Å². The van der Waals surface area contributed by atoms with Gasteiger partial charge in [-0.1, -0.05) is 6.92 Å². The largest absolute Gasteiger partial charge is 0.380 e. The van der Waals surface area contributed by atoms with E-state index in [1.54, 1.807) is 0 Å². The molecule has 3 nitrogen and oxygen atoms in total. The first-order valence-electron chi connectivity index (χ1n) is 5.22. The lowest BCUT2D eigenvalue weighted by atomic mass is 10.1. The molecule has 0 saturated carbocycles. The van der Waals surface area contributed by atoms with Gasteiger partial charge in [-0.2, -0.15) is 0 Å². The third-order valence-electron chi connectivity index (χ3n) is 2.40. The maximum atomic E-state index is 5.93. The zero-order chi connectivity index (χ0) is 9.68. The van der Waals surface area contributed by atoms with E-state index in [0.29, 0.717) is 12.7 Å². The average Bonchev–Trinajstić information content (AvgIpc) is 2.52. The van der Waals surface area contributed by atoms with Gasteiger partial charge in [-0.05, 0) is 26.2 Å². The molecule has 0 bridgehead atoms. The fourth-order valence-corrected chi connectivity index (χ4v) is 1.62. The van der Waals surface area contributed by atoms with E-state index in [4.69, 9.17) is 15.2 Å². The van der Waals surface area contributed by atoms with Crippen LogP contribution in [0, 0.1) is 0 Å². The van der Waals surface area contributed by atoms with Crippen LogP contribution in [0.1, 0.15) is 33.1 Å². The Labute approximate surface area is 80.6 Å². The van der Waals surface area contributed by atoms with Crippen molar-refractivity contribution in [3.63, 3.8) is 0 Å². The molecule has 0 aliphatic carbocycles. The molecular formula is C10H21NO2. The zero-order valence-electron chi connectivity index (χ0n) is 8.66. The number of nitrogens with two attached hydrogens (primary N) is 1. The molecule has 3 unspecified atom stereocenters. The SMILES string of the molecule is CCCOCC(N)C1CCC(C)O1. The second-order valence-corrected chi connectivity index (χ2v) is 3.80. The lowest BCUT2D eigenvalue weighted by molar-refractivity contribution is 0.0124. The highest BCUT2D eigenvalue weighted by atomic mass is 16.5. The van der Waals surface area contributed by atoms with Crippen molar-refractivity contribution < 1.29 is 9.47 Å². The molecule has 1 saturated heterocycles. The lowest BCUT2D eigenvalue weighted by Gasteiger charge is -2.19. The fourth-order valence-electron chi connectivity index (χ4n) is 1.62. The molecule has 3 heteroatoms. The van der Waals surface area contributed by atoms with Gasteiger partial charge in [-0.3, -0.25) is 0 Å². The van der Waals surface area contributed by atoms with Gasteiger partial charge >= 0.3 is 0 Å². The molecule has 1 aliphatic heterocycles. The van der Waals surface area contributed by atoms with Crippen LogP contribution >= 0.6 is 0 Å². The van der Waals surface area contributed by atoms with Crippen LogP contribution in [-0.4, -0.2) is 31.5 Å². The van der Waals surface area contributed by atoms with Crippen LogP contribution in [0.25, 0.3) is 0 Å². The van der Waals surface area contributed by atoms with Crippen LogP contribution in [0.3, 0.4) is 0 Å². The number of ether oxygens (including phenoxy) is 2. The summed E-state index contributed by atoms with van der Waals surface area (Å²) in [4.78, 5) is 0. The van der Waals surface area contributed by atoms with E-state index in [9.17, 15) is 0 Å². The van der Waals surface area contributed by atoms with E-state index in [2.05, 4.69) is 13.8 Å². The third-order valence-corrected chi connectivity index (χ3v) is 2.40. The molecule has 1 rings (SSSR count). The number of hydrogen-bond donors (Lipinski definition) is 1. The smallest absolute Gasteiger partial charge is 0.0753 e. The summed E-state index contributed by atoms with van der Waals surface area (Å²) in [5.41, 5.74) is 5.93. The maximum Gasteiger partial charge on any atom is 0.0753 e. The molecule has 2 N–H and O–H groups in total. The quantitative estimate of drug-likeness (QED) is 0.660. The molecule has 3 atom stereocenters. The molecule has 0 spiro atoms. The van der Waals surface area contributed by atoms with Gasteiger partial charge in [-0.15, -0.1) is 0 Å². The summed E-state index contributed by atoms with van der Waals surface area (Å²) in [5, 5.41) is 0. The van der Waals surface area contributed by atoms with Crippen LogP contribution < -0.4 is 5.73 Å². The van der Waals surface area contributed by atoms with Crippen molar-refractivity contribution in [2.45, 2.75) is 51.4 Å². The predicted octanol–water partition coefficient (Wildman–Crippen LogP) is 1.31. The first-order chi connectivity index (χ1) is 6.24. The highest BCUT2D eigenvalue weighted by Gasteiger charge is 2.27. The van der Waals surface area contributed by atoms with Crippen LogP contribution in [0.5, 0.6) is 0 Å². The molecule has 78 valence electrons. The molecule has 13 heavy (non-hydrogen) atoms. The minimum atomic E-state index is 0.0523. The Morgan fingerprint density at radius 3 is 2.85 bits per heavy atom. The Balaban J connectivity index is 2.12. The van der Waals surface area contributed by atoms with Gasteiger partial charge in [0.15, 0.2) is 0 Å². The summed E-state index contributed by atoms with van der Waals surface area (Å²) in [6.45, 7) is 5.63. The van der Waals surface area contributed by atoms with Gasteiger partial charge in [0.1, 0.15) is 0 Å². The summed E-state index contributed by atoms with van der Waals surface area (Å²) in [5.74, 6) is 0. The second kappa shape index (κ2) is 5.58. The number of hydrogen-bond acceptors (Lipinski definition) is 3. The molecule has 0 aromatic rings. The van der Waals surface area contributed by atoms with Gasteiger partial charge in [0.05, 0.1) is 24.9 Å². The molecule has 0 radical (unpaired) electrons. The van der Waals surface area contributed by atoms with Gasteiger partial charge in [0.2, 0.25) is 0 Å². The van der Waals surface area contributed by atoms with Crippen molar-refractivity contribution in [2.75, 3.05) is 13.2 Å². The maximum absolute atomic E-state index is 5.93. The summed E-state index contributed by atoms with van der Waals surface area (Å²) in [7, 11) is 0. The first-order valence-corrected chi connectivity index (χ1v) is 5.22. The van der Waals surface area contributed by atoms with E-state index in [1.807, 2.05) is 0 Å². The van der Waals surface area contributed by atoms with Crippen LogP contribution in [0.4, 0.5) is 0 Å². The molecule has 1 heterocycles. The van der Waals surface area contributed by atoms with Crippen molar-refractivity contribution in [1.82, 2.24) is 0 Å². The monoisotopic (exact) mass is 187 g/mol. The Kier molecular flexibility index (Phi) is 4.70. The molecule has 1 aliphatic rings. The average molecular weight is 187 g/mol. The fraction of sp³-hybridized carbons (Fsp3) is 1.00. The van der Waals surface area contributed by atoms with E-state index < -0.39 is 0 Å². The van der Waals surface area contributed by atoms with E-state index >= 15 is 0 Å². The Bertz CT molecular complexity index is 141. The number of rotatable bonds is 5. The van der Waals surface area contributed by atoms with E-state index in [1.165, 1.54) is 0 Å². The molecule has 0 amide bonds. The first kappa shape index (κ1) is 11.0. The normalized spacial score (nSPS) is 30.7. The predicted molar refractivity (Wildman–Crippen MR) is 52.7 cm³/mol. The third kappa shape index (κ3) is 3.63. The molecule has 0 aromatic carbocycles. The van der Waals surface area contributed by atoms with Crippen molar-refractivity contribution in [3.05, 3.63) is 0 Å². The van der Waals surface area contributed by atoms with Gasteiger partial charge in [0.25, 0.3) is 0 Å². The van der Waals surface area contributed by atoms with Gasteiger partial charge in [-0.25, -0.2) is 0 Å². The highest BCUT2D eigenvalue weighted by molar-refractivity contribution is 4.79. The van der Waals surface area contributed by atoms with Gasteiger partial charge in [0, 0.05) is 6.61 Å². The van der Waals surface area contributed by atoms with Crippen LogP contribution in [0.15, 0.2) is 0 Å². The summed E-state index contributed by atoms with van der Waals surface area (Å²) in [6.07, 6.45) is 3.85. The van der Waals surface area contributed by atoms with E-state index in [0.717, 1.165) is 25.9 Å². The standard InChI is InChI=1S/C10H21NO2/c1-3-6-12-7-9(11)10-5-4-8(2)13-10/h8-10H,3-7,11H2,1-2H3. The summed E-state index contributed by atoms with van der Waals surface area (Å²) >= 11 is 0. The minimum Gasteiger partial charge on any atom is -0.380 e. The van der Waals surface area contributed by atoms with E-state index in [-0.39, 0.29) is 12.1 Å². The topological polar surface area (TPSA) is 44.5 Å².